The molecule has 0 nitrogen and oxygen atoms in total. The zero-order chi connectivity index (χ0) is 29.1. The van der Waals surface area contributed by atoms with Gasteiger partial charge in [0.25, 0.3) is 0 Å². The van der Waals surface area contributed by atoms with Crippen molar-refractivity contribution in [2.24, 2.45) is 0 Å². The first-order valence-corrected chi connectivity index (χ1v) is 16.1. The third kappa shape index (κ3) is 6.14. The normalized spacial score (nSPS) is 10.6. The van der Waals surface area contributed by atoms with Crippen molar-refractivity contribution in [1.29, 1.82) is 0 Å². The molecule has 8 aromatic carbocycles. The molecule has 0 spiro atoms. The fourth-order valence-electron chi connectivity index (χ4n) is 6.16. The van der Waals surface area contributed by atoms with Crippen molar-refractivity contribution in [3.63, 3.8) is 0 Å². The molecule has 0 bridgehead atoms. The predicted molar refractivity (Wildman–Crippen MR) is 189 cm³/mol. The second kappa shape index (κ2) is 13.6. The van der Waals surface area contributed by atoms with Gasteiger partial charge in [-0.05, 0) is 32.7 Å². The molecular formula is C41H35SiZr. The van der Waals surface area contributed by atoms with E-state index in [0.717, 1.165) is 0 Å². The Kier molecular flexibility index (Phi) is 9.71. The van der Waals surface area contributed by atoms with E-state index in [9.17, 15) is 0 Å². The van der Waals surface area contributed by atoms with E-state index in [0.29, 0.717) is 0 Å². The first-order chi connectivity index (χ1) is 20.7. The Balaban J connectivity index is 0.000000159. The van der Waals surface area contributed by atoms with Gasteiger partial charge in [0, 0.05) is 10.2 Å². The minimum atomic E-state index is 0. The minimum Gasteiger partial charge on any atom is -0.165 e. The Bertz CT molecular complexity index is 1980. The maximum Gasteiger partial charge on any atom is 2.00 e. The van der Waals surface area contributed by atoms with Crippen LogP contribution < -0.4 is 0 Å². The number of hydrogen-bond donors (Lipinski definition) is 0. The van der Waals surface area contributed by atoms with Crippen LogP contribution in [0.5, 0.6) is 0 Å². The summed E-state index contributed by atoms with van der Waals surface area (Å²) < 4.78 is 0. The number of hydrogen-bond acceptors (Lipinski definition) is 0. The van der Waals surface area contributed by atoms with Crippen LogP contribution in [-0.2, 0) is 26.2 Å². The van der Waals surface area contributed by atoms with Gasteiger partial charge in [0.05, 0.1) is 0 Å². The summed E-state index contributed by atoms with van der Waals surface area (Å²) in [6.45, 7) is 6.35. The molecule has 2 heteroatoms. The largest absolute Gasteiger partial charge is 2.00 e. The molecule has 0 N–H and O–H groups in total. The minimum absolute atomic E-state index is 0. The van der Waals surface area contributed by atoms with Crippen LogP contribution in [0, 0.1) is 13.8 Å². The Labute approximate surface area is 277 Å². The quantitative estimate of drug-likeness (QED) is 0.129. The SMILES string of the molecule is C[SiH2].Cc1cc2c(-c3cccc4ccccc34)cccc2[cH-]1.Cc1cc2c(-c3cccc4ccccc34)cccc2[cH-]1.[Zr+2]. The molecule has 0 aromatic heterocycles. The summed E-state index contributed by atoms with van der Waals surface area (Å²) in [6, 6.07) is 52.5. The molecule has 1 radical (unpaired) electrons. The summed E-state index contributed by atoms with van der Waals surface area (Å²) in [5.74, 6) is 0. The number of rotatable bonds is 2. The monoisotopic (exact) mass is 645 g/mol. The molecule has 0 aliphatic heterocycles. The average molecular weight is 647 g/mol. The molecule has 0 aliphatic rings. The topological polar surface area (TPSA) is 0 Å². The molecule has 0 saturated carbocycles. The molecule has 0 atom stereocenters. The van der Waals surface area contributed by atoms with Crippen molar-refractivity contribution in [3.8, 4) is 22.3 Å². The first kappa shape index (κ1) is 30.6. The van der Waals surface area contributed by atoms with Gasteiger partial charge in [-0.2, -0.15) is 12.1 Å². The molecule has 207 valence electrons. The van der Waals surface area contributed by atoms with Gasteiger partial charge in [0.15, 0.2) is 0 Å². The van der Waals surface area contributed by atoms with Gasteiger partial charge in [-0.15, -0.1) is 69.1 Å². The molecular weight excluding hydrogens is 612 g/mol. The first-order valence-electron chi connectivity index (χ1n) is 14.6. The average Bonchev–Trinajstić information content (AvgIpc) is 3.62. The van der Waals surface area contributed by atoms with Gasteiger partial charge in [0.1, 0.15) is 0 Å². The van der Waals surface area contributed by atoms with Gasteiger partial charge in [0.2, 0.25) is 0 Å². The van der Waals surface area contributed by atoms with E-state index >= 15 is 0 Å². The predicted octanol–water partition coefficient (Wildman–Crippen LogP) is 11.0. The zero-order valence-electron chi connectivity index (χ0n) is 25.1. The fourth-order valence-corrected chi connectivity index (χ4v) is 6.16. The van der Waals surface area contributed by atoms with Gasteiger partial charge < -0.3 is 0 Å². The van der Waals surface area contributed by atoms with Crippen molar-refractivity contribution >= 4 is 53.3 Å². The van der Waals surface area contributed by atoms with E-state index in [-0.39, 0.29) is 26.2 Å². The molecule has 8 rings (SSSR count). The summed E-state index contributed by atoms with van der Waals surface area (Å²) in [6.07, 6.45) is 0. The van der Waals surface area contributed by atoms with Crippen molar-refractivity contribution in [2.45, 2.75) is 20.4 Å². The second-order valence-electron chi connectivity index (χ2n) is 10.7. The van der Waals surface area contributed by atoms with Crippen LogP contribution in [0.1, 0.15) is 11.1 Å². The van der Waals surface area contributed by atoms with Crippen LogP contribution in [0.3, 0.4) is 0 Å². The van der Waals surface area contributed by atoms with E-state index in [1.54, 1.807) is 0 Å². The Morgan fingerprint density at radius 1 is 0.395 bits per heavy atom. The van der Waals surface area contributed by atoms with E-state index in [1.807, 2.05) is 16.8 Å². The number of aryl methyl sites for hydroxylation is 2. The van der Waals surface area contributed by atoms with Gasteiger partial charge in [-0.1, -0.05) is 129 Å². The molecule has 0 saturated heterocycles. The van der Waals surface area contributed by atoms with Gasteiger partial charge >= 0.3 is 26.2 Å². The van der Waals surface area contributed by atoms with E-state index in [2.05, 4.69) is 159 Å². The fraction of sp³-hybridized carbons (Fsp3) is 0.0732. The molecule has 0 unspecified atom stereocenters. The van der Waals surface area contributed by atoms with Crippen LogP contribution >= 0.6 is 0 Å². The maximum atomic E-state index is 2.28. The molecule has 0 amide bonds. The Morgan fingerprint density at radius 2 is 0.721 bits per heavy atom. The van der Waals surface area contributed by atoms with Crippen LogP contribution in [0.2, 0.25) is 6.55 Å². The summed E-state index contributed by atoms with van der Waals surface area (Å²) in [7, 11) is 1.86. The van der Waals surface area contributed by atoms with Crippen LogP contribution in [0.15, 0.2) is 146 Å². The summed E-state index contributed by atoms with van der Waals surface area (Å²) in [5, 5.41) is 10.6. The summed E-state index contributed by atoms with van der Waals surface area (Å²) in [5.41, 5.74) is 7.94. The standard InChI is InChI=1S/2C20H15.CH5Si.Zr/c2*1-14-12-16-8-5-11-19(20(16)13-14)18-10-4-7-15-6-2-3-9-17(15)18;1-2;/h2*2-13H,1H3;2H2,1H3;/q2*-1;;+2. The third-order valence-corrected chi connectivity index (χ3v) is 7.95. The summed E-state index contributed by atoms with van der Waals surface area (Å²) >= 11 is 0. The van der Waals surface area contributed by atoms with Crippen molar-refractivity contribution in [1.82, 2.24) is 0 Å². The number of fused-ring (bicyclic) bond motifs is 4. The van der Waals surface area contributed by atoms with E-state index in [4.69, 9.17) is 0 Å². The number of benzene rings is 6. The molecule has 0 fully saturated rings. The summed E-state index contributed by atoms with van der Waals surface area (Å²) in [4.78, 5) is 0. The van der Waals surface area contributed by atoms with E-state index < -0.39 is 0 Å². The van der Waals surface area contributed by atoms with E-state index in [1.165, 1.54) is 76.5 Å². The smallest absolute Gasteiger partial charge is 0.165 e. The molecule has 0 aliphatic carbocycles. The second-order valence-corrected chi connectivity index (χ2v) is 10.7. The van der Waals surface area contributed by atoms with Crippen molar-refractivity contribution < 1.29 is 26.2 Å². The maximum absolute atomic E-state index is 2.28. The molecule has 43 heavy (non-hydrogen) atoms. The zero-order valence-corrected chi connectivity index (χ0v) is 28.9. The van der Waals surface area contributed by atoms with Crippen LogP contribution in [-0.4, -0.2) is 10.2 Å². The third-order valence-electron chi connectivity index (χ3n) is 7.95. The van der Waals surface area contributed by atoms with Gasteiger partial charge in [-0.3, -0.25) is 0 Å². The molecule has 8 aromatic rings. The van der Waals surface area contributed by atoms with Crippen LogP contribution in [0.4, 0.5) is 0 Å². The van der Waals surface area contributed by atoms with Crippen molar-refractivity contribution in [2.75, 3.05) is 0 Å². The van der Waals surface area contributed by atoms with Crippen molar-refractivity contribution in [3.05, 3.63) is 157 Å². The Morgan fingerprint density at radius 3 is 1.14 bits per heavy atom. The van der Waals surface area contributed by atoms with Crippen LogP contribution in [0.25, 0.3) is 65.3 Å². The molecule has 0 heterocycles. The Hall–Kier alpha value is -3.84. The van der Waals surface area contributed by atoms with Gasteiger partial charge in [-0.25, -0.2) is 0 Å².